The average Bonchev–Trinajstić information content (AvgIpc) is 3.40. The van der Waals surface area contributed by atoms with E-state index in [1.807, 2.05) is 0 Å². The highest BCUT2D eigenvalue weighted by atomic mass is 35.5. The number of carbonyl (C=O) groups is 2. The molecule has 5 rings (SSSR count). The molecule has 0 atom stereocenters. The van der Waals surface area contributed by atoms with Crippen molar-refractivity contribution in [2.45, 2.75) is 13.2 Å². The Bertz CT molecular complexity index is 1460. The molecule has 3 aromatic rings. The summed E-state index contributed by atoms with van der Waals surface area (Å²) in [5.74, 6) is 0.835. The van der Waals surface area contributed by atoms with Gasteiger partial charge in [-0.1, -0.05) is 64.1 Å². The van der Waals surface area contributed by atoms with Crippen molar-refractivity contribution in [1.29, 1.82) is 0 Å². The van der Waals surface area contributed by atoms with Crippen molar-refractivity contribution in [2.24, 2.45) is 0 Å². The third-order valence-corrected chi connectivity index (χ3v) is 7.99. The normalized spacial score (nSPS) is 15.7. The predicted molar refractivity (Wildman–Crippen MR) is 146 cm³/mol. The topological polar surface area (TPSA) is 65.1 Å². The first-order chi connectivity index (χ1) is 17.7. The molecule has 0 aromatic heterocycles. The fourth-order valence-corrected chi connectivity index (χ4v) is 5.61. The van der Waals surface area contributed by atoms with Crippen LogP contribution in [0.25, 0.3) is 6.08 Å². The second-order valence-electron chi connectivity index (χ2n) is 7.92. The lowest BCUT2D eigenvalue weighted by Gasteiger charge is -2.14. The standard InChI is InChI=1S/C25H14Cl5NO5S/c26-15-2-1-12(3-17(15)28)10-34-23-18(29)4-13(5-19(23)30)6-22-24(32)31(25(33)37-22)9-14-7-20-21(8-16(14)27)36-11-35-20/h1-8H,9-11H2/b22-6-. The number of imide groups is 1. The highest BCUT2D eigenvalue weighted by molar-refractivity contribution is 8.18. The molecule has 2 amide bonds. The van der Waals surface area contributed by atoms with Crippen LogP contribution < -0.4 is 14.2 Å². The van der Waals surface area contributed by atoms with Gasteiger partial charge in [0.25, 0.3) is 11.1 Å². The number of nitrogens with zero attached hydrogens (tertiary/aromatic N) is 1. The van der Waals surface area contributed by atoms with E-state index in [4.69, 9.17) is 72.2 Å². The van der Waals surface area contributed by atoms with Gasteiger partial charge in [-0.2, -0.15) is 0 Å². The van der Waals surface area contributed by atoms with Crippen molar-refractivity contribution in [2.75, 3.05) is 6.79 Å². The molecule has 2 heterocycles. The Kier molecular flexibility index (Phi) is 7.73. The Labute approximate surface area is 240 Å². The van der Waals surface area contributed by atoms with E-state index in [9.17, 15) is 9.59 Å². The van der Waals surface area contributed by atoms with E-state index in [1.54, 1.807) is 48.5 Å². The first-order valence-corrected chi connectivity index (χ1v) is 13.3. The second kappa shape index (κ2) is 10.8. The maximum atomic E-state index is 13.0. The van der Waals surface area contributed by atoms with E-state index in [0.717, 1.165) is 22.2 Å². The lowest BCUT2D eigenvalue weighted by molar-refractivity contribution is -0.123. The predicted octanol–water partition coefficient (Wildman–Crippen LogP) is 8.50. The van der Waals surface area contributed by atoms with Crippen LogP contribution in [0, 0.1) is 0 Å². The summed E-state index contributed by atoms with van der Waals surface area (Å²) >= 11 is 32.0. The number of ether oxygens (including phenoxy) is 3. The van der Waals surface area contributed by atoms with Crippen LogP contribution in [-0.2, 0) is 17.9 Å². The summed E-state index contributed by atoms with van der Waals surface area (Å²) in [6.07, 6.45) is 1.55. The zero-order valence-electron chi connectivity index (χ0n) is 18.5. The Balaban J connectivity index is 1.31. The summed E-state index contributed by atoms with van der Waals surface area (Å²) in [5.41, 5.74) is 1.87. The molecule has 37 heavy (non-hydrogen) atoms. The van der Waals surface area contributed by atoms with Crippen LogP contribution >= 0.6 is 69.8 Å². The minimum Gasteiger partial charge on any atom is -0.486 e. The molecule has 0 unspecified atom stereocenters. The summed E-state index contributed by atoms with van der Waals surface area (Å²) in [6.45, 7) is 0.237. The molecule has 12 heteroatoms. The molecule has 0 bridgehead atoms. The largest absolute Gasteiger partial charge is 0.486 e. The van der Waals surface area contributed by atoms with Gasteiger partial charge < -0.3 is 14.2 Å². The molecule has 0 radical (unpaired) electrons. The van der Waals surface area contributed by atoms with Gasteiger partial charge >= 0.3 is 0 Å². The molecule has 6 nitrogen and oxygen atoms in total. The minimum absolute atomic E-state index is 0.0134. The highest BCUT2D eigenvalue weighted by Gasteiger charge is 2.36. The molecule has 0 N–H and O–H groups in total. The van der Waals surface area contributed by atoms with Gasteiger partial charge in [0.05, 0.1) is 31.5 Å². The van der Waals surface area contributed by atoms with E-state index < -0.39 is 11.1 Å². The first-order valence-electron chi connectivity index (χ1n) is 10.6. The number of amides is 2. The highest BCUT2D eigenvalue weighted by Crippen LogP contribution is 2.41. The lowest BCUT2D eigenvalue weighted by atomic mass is 10.1. The molecule has 0 saturated carbocycles. The molecule has 190 valence electrons. The van der Waals surface area contributed by atoms with Crippen molar-refractivity contribution >= 4 is 87.0 Å². The number of carbonyl (C=O) groups excluding carboxylic acids is 2. The summed E-state index contributed by atoms with van der Waals surface area (Å²) in [5, 5.41) is 1.26. The molecular formula is C25H14Cl5NO5S. The Morgan fingerprint density at radius 3 is 2.27 bits per heavy atom. The number of fused-ring (bicyclic) bond motifs is 1. The molecule has 2 aliphatic rings. The number of benzene rings is 3. The van der Waals surface area contributed by atoms with E-state index in [2.05, 4.69) is 0 Å². The third kappa shape index (κ3) is 5.62. The summed E-state index contributed by atoms with van der Waals surface area (Å²) in [7, 11) is 0. The molecule has 0 aliphatic carbocycles. The van der Waals surface area contributed by atoms with Gasteiger partial charge in [-0.25, -0.2) is 0 Å². The van der Waals surface area contributed by atoms with Crippen LogP contribution in [-0.4, -0.2) is 22.8 Å². The molecule has 0 spiro atoms. The number of hydrogen-bond donors (Lipinski definition) is 0. The van der Waals surface area contributed by atoms with Gasteiger partial charge in [0.2, 0.25) is 6.79 Å². The summed E-state index contributed by atoms with van der Waals surface area (Å²) in [4.78, 5) is 27.0. The molecule has 1 saturated heterocycles. The van der Waals surface area contributed by atoms with E-state index >= 15 is 0 Å². The van der Waals surface area contributed by atoms with Crippen LogP contribution in [0.5, 0.6) is 17.2 Å². The molecule has 1 fully saturated rings. The number of halogens is 5. The first kappa shape index (κ1) is 26.4. The molecule has 3 aromatic carbocycles. The molecular weight excluding hydrogens is 604 g/mol. The van der Waals surface area contributed by atoms with Crippen LogP contribution in [0.4, 0.5) is 4.79 Å². The van der Waals surface area contributed by atoms with Crippen molar-refractivity contribution in [1.82, 2.24) is 4.90 Å². The smallest absolute Gasteiger partial charge is 0.293 e. The quantitative estimate of drug-likeness (QED) is 0.259. The van der Waals surface area contributed by atoms with E-state index in [-0.39, 0.29) is 40.6 Å². The van der Waals surface area contributed by atoms with Crippen LogP contribution in [0.2, 0.25) is 25.1 Å². The Morgan fingerprint density at radius 1 is 0.865 bits per heavy atom. The summed E-state index contributed by atoms with van der Waals surface area (Å²) in [6, 6.07) is 11.6. The SMILES string of the molecule is O=C1S/C(=C\c2cc(Cl)c(OCc3ccc(Cl)c(Cl)c3)c(Cl)c2)C(=O)N1Cc1cc2c(cc1Cl)OCO2. The average molecular weight is 618 g/mol. The van der Waals surface area contributed by atoms with Gasteiger partial charge in [-0.3, -0.25) is 14.5 Å². The van der Waals surface area contributed by atoms with Gasteiger partial charge in [0.15, 0.2) is 17.2 Å². The maximum absolute atomic E-state index is 13.0. The van der Waals surface area contributed by atoms with Crippen molar-refractivity contribution in [3.8, 4) is 17.2 Å². The summed E-state index contributed by atoms with van der Waals surface area (Å²) < 4.78 is 16.4. The van der Waals surface area contributed by atoms with Gasteiger partial charge in [0.1, 0.15) is 6.61 Å². The molecule has 2 aliphatic heterocycles. The number of hydrogen-bond acceptors (Lipinski definition) is 6. The third-order valence-electron chi connectivity index (χ3n) is 5.43. The van der Waals surface area contributed by atoms with Gasteiger partial charge in [-0.15, -0.1) is 0 Å². The van der Waals surface area contributed by atoms with Gasteiger partial charge in [-0.05, 0) is 64.9 Å². The van der Waals surface area contributed by atoms with Crippen LogP contribution in [0.1, 0.15) is 16.7 Å². The van der Waals surface area contributed by atoms with Crippen molar-refractivity contribution in [3.05, 3.63) is 89.2 Å². The Hall–Kier alpha value is -2.26. The minimum atomic E-state index is -0.462. The van der Waals surface area contributed by atoms with Crippen molar-refractivity contribution in [3.63, 3.8) is 0 Å². The fourth-order valence-electron chi connectivity index (χ4n) is 3.62. The monoisotopic (exact) mass is 615 g/mol. The van der Waals surface area contributed by atoms with Crippen LogP contribution in [0.15, 0.2) is 47.4 Å². The van der Waals surface area contributed by atoms with Crippen LogP contribution in [0.3, 0.4) is 0 Å². The zero-order valence-corrected chi connectivity index (χ0v) is 23.1. The van der Waals surface area contributed by atoms with Gasteiger partial charge in [0, 0.05) is 11.1 Å². The lowest BCUT2D eigenvalue weighted by Crippen LogP contribution is -2.27. The number of thioether (sulfide) groups is 1. The zero-order chi connectivity index (χ0) is 26.3. The van der Waals surface area contributed by atoms with E-state index in [0.29, 0.717) is 37.7 Å². The van der Waals surface area contributed by atoms with Crippen molar-refractivity contribution < 1.29 is 23.8 Å². The Morgan fingerprint density at radius 2 is 1.57 bits per heavy atom. The van der Waals surface area contributed by atoms with E-state index in [1.165, 1.54) is 0 Å². The maximum Gasteiger partial charge on any atom is 0.293 e. The number of rotatable bonds is 6. The second-order valence-corrected chi connectivity index (χ2v) is 10.9. The fraction of sp³-hybridized carbons (Fsp3) is 0.120.